The molecule has 1 aromatic carbocycles. The second kappa shape index (κ2) is 5.20. The predicted octanol–water partition coefficient (Wildman–Crippen LogP) is 2.81. The van der Waals surface area contributed by atoms with Crippen molar-refractivity contribution < 1.29 is 9.84 Å². The van der Waals surface area contributed by atoms with E-state index in [9.17, 15) is 5.11 Å². The summed E-state index contributed by atoms with van der Waals surface area (Å²) >= 11 is 1.86. The van der Waals surface area contributed by atoms with Crippen LogP contribution in [0.25, 0.3) is 0 Å². The summed E-state index contributed by atoms with van der Waals surface area (Å²) in [6, 6.07) is 4.07. The van der Waals surface area contributed by atoms with Crippen molar-refractivity contribution in [1.29, 1.82) is 0 Å². The van der Waals surface area contributed by atoms with Crippen molar-refractivity contribution in [2.45, 2.75) is 31.6 Å². The fourth-order valence-electron chi connectivity index (χ4n) is 2.88. The molecule has 0 unspecified atom stereocenters. The summed E-state index contributed by atoms with van der Waals surface area (Å²) in [7, 11) is 1.59. The van der Waals surface area contributed by atoms with E-state index in [4.69, 9.17) is 4.74 Å². The Hall–Kier alpha value is -1.36. The fraction of sp³-hybridized carbons (Fsp3) is 0.533. The number of aromatic hydroxyl groups is 1. The maximum atomic E-state index is 9.90. The number of nitrogens with zero attached hydrogens (tertiary/aromatic N) is 2. The minimum Gasteiger partial charge on any atom is -0.504 e. The number of phenols is 1. The smallest absolute Gasteiger partial charge is 0.160 e. The number of rotatable bonds is 1. The van der Waals surface area contributed by atoms with Gasteiger partial charge in [-0.25, -0.2) is 0 Å². The molecule has 0 bridgehead atoms. The molecule has 2 heterocycles. The van der Waals surface area contributed by atoms with Gasteiger partial charge in [0.1, 0.15) is 0 Å². The molecule has 4 nitrogen and oxygen atoms in total. The van der Waals surface area contributed by atoms with Crippen molar-refractivity contribution in [3.05, 3.63) is 23.3 Å². The second-order valence-corrected chi connectivity index (χ2v) is 6.80. The Kier molecular flexibility index (Phi) is 3.54. The van der Waals surface area contributed by atoms with Crippen molar-refractivity contribution in [2.75, 3.05) is 20.2 Å². The lowest BCUT2D eigenvalue weighted by Crippen LogP contribution is -2.37. The summed E-state index contributed by atoms with van der Waals surface area (Å²) < 4.78 is 5.23. The van der Waals surface area contributed by atoms with E-state index in [1.165, 1.54) is 11.1 Å². The van der Waals surface area contributed by atoms with Crippen LogP contribution in [0.1, 0.15) is 31.0 Å². The molecule has 2 aliphatic rings. The lowest BCUT2D eigenvalue weighted by atomic mass is 9.93. The molecule has 20 heavy (non-hydrogen) atoms. The van der Waals surface area contributed by atoms with Crippen molar-refractivity contribution in [1.82, 2.24) is 4.90 Å². The van der Waals surface area contributed by atoms with E-state index in [1.807, 2.05) is 23.9 Å². The van der Waals surface area contributed by atoms with Gasteiger partial charge < -0.3 is 14.7 Å². The third-order valence-electron chi connectivity index (χ3n) is 4.02. The van der Waals surface area contributed by atoms with Crippen molar-refractivity contribution >= 4 is 16.9 Å². The summed E-state index contributed by atoms with van der Waals surface area (Å²) in [5, 5.41) is 11.6. The number of hydrogen-bond donors (Lipinski definition) is 1. The van der Waals surface area contributed by atoms with E-state index < -0.39 is 0 Å². The molecule has 1 N–H and O–H groups in total. The maximum Gasteiger partial charge on any atom is 0.160 e. The number of fused-ring (bicyclic) bond motifs is 1. The first kappa shape index (κ1) is 13.6. The van der Waals surface area contributed by atoms with Gasteiger partial charge in [0.15, 0.2) is 16.7 Å². The molecule has 0 aliphatic carbocycles. The maximum absolute atomic E-state index is 9.90. The van der Waals surface area contributed by atoms with Gasteiger partial charge in [0, 0.05) is 11.8 Å². The molecule has 2 aliphatic heterocycles. The lowest BCUT2D eigenvalue weighted by molar-refractivity contribution is 0.319. The van der Waals surface area contributed by atoms with Gasteiger partial charge in [-0.15, -0.1) is 0 Å². The van der Waals surface area contributed by atoms with Crippen LogP contribution in [0.4, 0.5) is 0 Å². The summed E-state index contributed by atoms with van der Waals surface area (Å²) in [5.41, 5.74) is 2.44. The molecule has 0 aromatic heterocycles. The minimum absolute atomic E-state index is 0.230. The van der Waals surface area contributed by atoms with Gasteiger partial charge in [0.05, 0.1) is 19.7 Å². The van der Waals surface area contributed by atoms with Gasteiger partial charge in [-0.05, 0) is 36.6 Å². The van der Waals surface area contributed by atoms with Crippen molar-refractivity contribution in [3.8, 4) is 11.5 Å². The molecule has 3 rings (SSSR count). The zero-order chi connectivity index (χ0) is 14.3. The number of thioether (sulfide) groups is 1. The molecule has 0 saturated heterocycles. The molecule has 108 valence electrons. The van der Waals surface area contributed by atoms with E-state index in [0.717, 1.165) is 24.7 Å². The van der Waals surface area contributed by atoms with E-state index in [2.05, 4.69) is 23.7 Å². The first-order valence-electron chi connectivity index (χ1n) is 6.97. The Labute approximate surface area is 123 Å². The number of benzene rings is 1. The van der Waals surface area contributed by atoms with Crippen LogP contribution in [-0.4, -0.2) is 40.6 Å². The SMILES string of the molecule is COc1cc2c(cc1O)CCN(C1=NC[C@H](C)S1)[C@@H]2C. The van der Waals surface area contributed by atoms with Gasteiger partial charge in [0.25, 0.3) is 0 Å². The standard InChI is InChI=1S/C15H20N2O2S/c1-9-8-16-15(20-9)17-5-4-11-6-13(18)14(19-3)7-12(11)10(17)2/h6-7,9-10,18H,4-5,8H2,1-3H3/t9-,10+/m0/s1. The van der Waals surface area contributed by atoms with Gasteiger partial charge in [-0.1, -0.05) is 18.7 Å². The Balaban J connectivity index is 1.92. The van der Waals surface area contributed by atoms with Gasteiger partial charge in [-0.3, -0.25) is 4.99 Å². The average Bonchev–Trinajstić information content (AvgIpc) is 2.85. The average molecular weight is 292 g/mol. The van der Waals surface area contributed by atoms with Crippen LogP contribution in [-0.2, 0) is 6.42 Å². The molecule has 0 spiro atoms. The van der Waals surface area contributed by atoms with Crippen LogP contribution >= 0.6 is 11.8 Å². The summed E-state index contributed by atoms with van der Waals surface area (Å²) in [4.78, 5) is 7.02. The molecule has 0 fully saturated rings. The van der Waals surface area contributed by atoms with Crippen LogP contribution in [0.3, 0.4) is 0 Å². The van der Waals surface area contributed by atoms with Gasteiger partial charge >= 0.3 is 0 Å². The number of phenolic OH excluding ortho intramolecular Hbond substituents is 1. The van der Waals surface area contributed by atoms with E-state index in [-0.39, 0.29) is 11.8 Å². The largest absolute Gasteiger partial charge is 0.504 e. The van der Waals surface area contributed by atoms with E-state index >= 15 is 0 Å². The second-order valence-electron chi connectivity index (χ2n) is 5.39. The Morgan fingerprint density at radius 1 is 1.40 bits per heavy atom. The Morgan fingerprint density at radius 2 is 2.20 bits per heavy atom. The molecule has 1 aromatic rings. The molecular weight excluding hydrogens is 272 g/mol. The highest BCUT2D eigenvalue weighted by molar-refractivity contribution is 8.14. The number of aliphatic imine (C=N–C) groups is 1. The number of ether oxygens (including phenoxy) is 1. The number of hydrogen-bond acceptors (Lipinski definition) is 5. The minimum atomic E-state index is 0.230. The first-order valence-corrected chi connectivity index (χ1v) is 7.85. The third kappa shape index (κ3) is 2.24. The normalized spacial score (nSPS) is 25.4. The number of methoxy groups -OCH3 is 1. The highest BCUT2D eigenvalue weighted by atomic mass is 32.2. The van der Waals surface area contributed by atoms with Crippen LogP contribution in [0.2, 0.25) is 0 Å². The summed E-state index contributed by atoms with van der Waals surface area (Å²) in [5.74, 6) is 0.778. The molecular formula is C15H20N2O2S. The Bertz CT molecular complexity index is 559. The van der Waals surface area contributed by atoms with E-state index in [0.29, 0.717) is 11.0 Å². The first-order chi connectivity index (χ1) is 9.60. The van der Waals surface area contributed by atoms with Gasteiger partial charge in [-0.2, -0.15) is 0 Å². The lowest BCUT2D eigenvalue weighted by Gasteiger charge is -2.36. The number of amidine groups is 1. The molecule has 0 amide bonds. The zero-order valence-electron chi connectivity index (χ0n) is 12.1. The van der Waals surface area contributed by atoms with Crippen molar-refractivity contribution in [3.63, 3.8) is 0 Å². The fourth-order valence-corrected chi connectivity index (χ4v) is 3.92. The molecule has 5 heteroatoms. The van der Waals surface area contributed by atoms with Crippen molar-refractivity contribution in [2.24, 2.45) is 4.99 Å². The highest BCUT2D eigenvalue weighted by Crippen LogP contribution is 2.39. The van der Waals surface area contributed by atoms with Crippen LogP contribution in [0, 0.1) is 0 Å². The molecule has 0 saturated carbocycles. The highest BCUT2D eigenvalue weighted by Gasteiger charge is 2.30. The zero-order valence-corrected chi connectivity index (χ0v) is 12.9. The topological polar surface area (TPSA) is 45.1 Å². The van der Waals surface area contributed by atoms with Crippen LogP contribution in [0.15, 0.2) is 17.1 Å². The predicted molar refractivity (Wildman–Crippen MR) is 82.8 cm³/mol. The monoisotopic (exact) mass is 292 g/mol. The Morgan fingerprint density at radius 3 is 2.85 bits per heavy atom. The molecule has 0 radical (unpaired) electrons. The van der Waals surface area contributed by atoms with Crippen LogP contribution in [0.5, 0.6) is 11.5 Å². The molecule has 2 atom stereocenters. The quantitative estimate of drug-likeness (QED) is 0.864. The van der Waals surface area contributed by atoms with Gasteiger partial charge in [0.2, 0.25) is 0 Å². The third-order valence-corrected chi connectivity index (χ3v) is 5.14. The summed E-state index contributed by atoms with van der Waals surface area (Å²) in [6.07, 6.45) is 0.936. The van der Waals surface area contributed by atoms with Crippen LogP contribution < -0.4 is 4.74 Å². The van der Waals surface area contributed by atoms with E-state index in [1.54, 1.807) is 7.11 Å². The summed E-state index contributed by atoms with van der Waals surface area (Å²) in [6.45, 7) is 6.28.